The summed E-state index contributed by atoms with van der Waals surface area (Å²) in [5.41, 5.74) is 8.60. The predicted molar refractivity (Wildman–Crippen MR) is 85.8 cm³/mol. The van der Waals surface area contributed by atoms with Crippen molar-refractivity contribution >= 4 is 11.3 Å². The van der Waals surface area contributed by atoms with Gasteiger partial charge in [-0.3, -0.25) is 0 Å². The Morgan fingerprint density at radius 1 is 1.25 bits per heavy atom. The molecule has 4 heteroatoms. The van der Waals surface area contributed by atoms with Crippen LogP contribution in [0.3, 0.4) is 0 Å². The zero-order chi connectivity index (χ0) is 14.5. The normalized spacial score (nSPS) is 15.8. The summed E-state index contributed by atoms with van der Waals surface area (Å²) in [4.78, 5) is 4.52. The highest BCUT2D eigenvalue weighted by molar-refractivity contribution is 7.09. The molecule has 0 radical (unpaired) electrons. The maximum Gasteiger partial charge on any atom is 0.110 e. The van der Waals surface area contributed by atoms with E-state index >= 15 is 0 Å². The van der Waals surface area contributed by atoms with Crippen LogP contribution in [0.15, 0.2) is 35.7 Å². The van der Waals surface area contributed by atoms with Gasteiger partial charge in [0.2, 0.25) is 0 Å². The second kappa shape index (κ2) is 6.97. The van der Waals surface area contributed by atoms with Gasteiger partial charge in [-0.2, -0.15) is 0 Å². The van der Waals surface area contributed by atoms with Crippen molar-refractivity contribution in [3.8, 4) is 0 Å². The van der Waals surface area contributed by atoms with Gasteiger partial charge in [-0.1, -0.05) is 37.3 Å². The van der Waals surface area contributed by atoms with Crippen molar-refractivity contribution in [3.63, 3.8) is 0 Å². The first kappa shape index (κ1) is 15.2. The van der Waals surface area contributed by atoms with Gasteiger partial charge in [0.05, 0.1) is 6.04 Å². The fourth-order valence-electron chi connectivity index (χ4n) is 2.15. The Balaban J connectivity index is 1.87. The van der Waals surface area contributed by atoms with Gasteiger partial charge in [-0.25, -0.2) is 4.98 Å². The van der Waals surface area contributed by atoms with Crippen LogP contribution in [0, 0.1) is 12.8 Å². The van der Waals surface area contributed by atoms with Gasteiger partial charge < -0.3 is 11.1 Å². The van der Waals surface area contributed by atoms with Crippen LogP contribution in [0.4, 0.5) is 0 Å². The molecule has 0 saturated carbocycles. The quantitative estimate of drug-likeness (QED) is 0.856. The van der Waals surface area contributed by atoms with E-state index in [1.807, 2.05) is 25.1 Å². The van der Waals surface area contributed by atoms with E-state index in [0.717, 1.165) is 17.2 Å². The largest absolute Gasteiger partial charge is 0.324 e. The number of nitrogens with one attached hydrogen (secondary N) is 1. The summed E-state index contributed by atoms with van der Waals surface area (Å²) in [6.07, 6.45) is 0. The predicted octanol–water partition coefficient (Wildman–Crippen LogP) is 3.44. The fourth-order valence-corrected chi connectivity index (χ4v) is 2.98. The van der Waals surface area contributed by atoms with Crippen molar-refractivity contribution in [2.75, 3.05) is 6.54 Å². The first-order valence-electron chi connectivity index (χ1n) is 7.04. The minimum absolute atomic E-state index is 0.0638. The molecule has 0 aliphatic carbocycles. The molecule has 3 unspecified atom stereocenters. The molecule has 1 aromatic carbocycles. The van der Waals surface area contributed by atoms with Gasteiger partial charge in [0.1, 0.15) is 5.01 Å². The van der Waals surface area contributed by atoms with Crippen LogP contribution in [0.2, 0.25) is 0 Å². The van der Waals surface area contributed by atoms with Gasteiger partial charge in [-0.05, 0) is 25.3 Å². The third-order valence-electron chi connectivity index (χ3n) is 3.55. The van der Waals surface area contributed by atoms with Crippen LogP contribution in [-0.2, 0) is 0 Å². The van der Waals surface area contributed by atoms with E-state index in [0.29, 0.717) is 5.92 Å². The van der Waals surface area contributed by atoms with E-state index in [4.69, 9.17) is 5.73 Å². The van der Waals surface area contributed by atoms with Gasteiger partial charge >= 0.3 is 0 Å². The first-order valence-corrected chi connectivity index (χ1v) is 7.92. The lowest BCUT2D eigenvalue weighted by Gasteiger charge is -2.22. The van der Waals surface area contributed by atoms with E-state index in [1.165, 1.54) is 5.56 Å². The summed E-state index contributed by atoms with van der Waals surface area (Å²) >= 11 is 1.71. The molecule has 0 bridgehead atoms. The van der Waals surface area contributed by atoms with Crippen LogP contribution < -0.4 is 11.1 Å². The van der Waals surface area contributed by atoms with Crippen LogP contribution >= 0.6 is 11.3 Å². The van der Waals surface area contributed by atoms with Crippen molar-refractivity contribution in [1.29, 1.82) is 0 Å². The molecule has 0 aliphatic rings. The molecule has 0 amide bonds. The molecule has 0 aliphatic heterocycles. The zero-order valence-electron chi connectivity index (χ0n) is 12.3. The van der Waals surface area contributed by atoms with Crippen LogP contribution in [0.25, 0.3) is 0 Å². The second-order valence-electron chi connectivity index (χ2n) is 5.37. The Morgan fingerprint density at radius 3 is 2.55 bits per heavy atom. The summed E-state index contributed by atoms with van der Waals surface area (Å²) in [6, 6.07) is 10.6. The Labute approximate surface area is 125 Å². The number of nitrogens with zero attached hydrogens (tertiary/aromatic N) is 1. The van der Waals surface area contributed by atoms with Gasteiger partial charge in [0.25, 0.3) is 0 Å². The maximum atomic E-state index is 6.31. The summed E-state index contributed by atoms with van der Waals surface area (Å²) in [5.74, 6) is 0.376. The number of hydrogen-bond acceptors (Lipinski definition) is 4. The molecule has 3 N–H and O–H groups in total. The molecule has 3 nitrogen and oxygen atoms in total. The summed E-state index contributed by atoms with van der Waals surface area (Å²) < 4.78 is 0. The number of thiazole rings is 1. The minimum atomic E-state index is 0.0638. The lowest BCUT2D eigenvalue weighted by molar-refractivity contribution is 0.410. The molecule has 0 saturated heterocycles. The number of hydrogen-bond donors (Lipinski definition) is 2. The minimum Gasteiger partial charge on any atom is -0.324 e. The van der Waals surface area contributed by atoms with E-state index in [2.05, 4.69) is 41.7 Å². The first-order chi connectivity index (χ1) is 9.58. The number of aromatic nitrogens is 1. The topological polar surface area (TPSA) is 50.9 Å². The van der Waals surface area contributed by atoms with E-state index < -0.39 is 0 Å². The van der Waals surface area contributed by atoms with Gasteiger partial charge in [0.15, 0.2) is 0 Å². The molecule has 1 heterocycles. The molecule has 3 atom stereocenters. The lowest BCUT2D eigenvalue weighted by atomic mass is 9.95. The smallest absolute Gasteiger partial charge is 0.110 e. The van der Waals surface area contributed by atoms with Crippen molar-refractivity contribution < 1.29 is 0 Å². The van der Waals surface area contributed by atoms with Crippen LogP contribution in [0.1, 0.15) is 42.2 Å². The van der Waals surface area contributed by atoms with Crippen molar-refractivity contribution in [2.24, 2.45) is 11.7 Å². The third kappa shape index (κ3) is 3.88. The average Bonchev–Trinajstić information content (AvgIpc) is 2.91. The molecule has 2 aromatic rings. The monoisotopic (exact) mass is 289 g/mol. The Bertz CT molecular complexity index is 524. The maximum absolute atomic E-state index is 6.31. The average molecular weight is 289 g/mol. The van der Waals surface area contributed by atoms with Crippen LogP contribution in [-0.4, -0.2) is 11.5 Å². The molecular weight excluding hydrogens is 266 g/mol. The van der Waals surface area contributed by atoms with E-state index in [9.17, 15) is 0 Å². The summed E-state index contributed by atoms with van der Waals surface area (Å²) in [6.45, 7) is 7.25. The zero-order valence-corrected chi connectivity index (χ0v) is 13.2. The highest BCUT2D eigenvalue weighted by Gasteiger charge is 2.16. The molecule has 0 spiro atoms. The Hall–Kier alpha value is -1.23. The van der Waals surface area contributed by atoms with Gasteiger partial charge in [0, 0.05) is 23.7 Å². The lowest BCUT2D eigenvalue weighted by Crippen LogP contribution is -2.31. The molecule has 108 valence electrons. The van der Waals surface area contributed by atoms with Crippen LogP contribution in [0.5, 0.6) is 0 Å². The summed E-state index contributed by atoms with van der Waals surface area (Å²) in [5, 5.41) is 6.76. The fraction of sp³-hybridized carbons (Fsp3) is 0.438. The number of aryl methyl sites for hydroxylation is 1. The Morgan fingerprint density at radius 2 is 1.95 bits per heavy atom. The van der Waals surface area contributed by atoms with Crippen molar-refractivity contribution in [1.82, 2.24) is 10.3 Å². The standard InChI is InChI=1S/C16H23N3S/c1-11(15(17)14-7-5-4-6-8-14)9-18-13(3)16-19-12(2)10-20-16/h4-8,10-11,13,15,18H,9,17H2,1-3H3. The third-order valence-corrected chi connectivity index (χ3v) is 4.70. The number of rotatable bonds is 6. The highest BCUT2D eigenvalue weighted by atomic mass is 32.1. The highest BCUT2D eigenvalue weighted by Crippen LogP contribution is 2.21. The van der Waals surface area contributed by atoms with Crippen molar-refractivity contribution in [3.05, 3.63) is 52.0 Å². The second-order valence-corrected chi connectivity index (χ2v) is 6.26. The summed E-state index contributed by atoms with van der Waals surface area (Å²) in [7, 11) is 0. The van der Waals surface area contributed by atoms with Crippen molar-refractivity contribution in [2.45, 2.75) is 32.9 Å². The number of benzene rings is 1. The van der Waals surface area contributed by atoms with E-state index in [-0.39, 0.29) is 12.1 Å². The van der Waals surface area contributed by atoms with Gasteiger partial charge in [-0.15, -0.1) is 11.3 Å². The molecule has 20 heavy (non-hydrogen) atoms. The molecule has 2 rings (SSSR count). The number of nitrogens with two attached hydrogens (primary N) is 1. The molecule has 1 aromatic heterocycles. The van der Waals surface area contributed by atoms with E-state index in [1.54, 1.807) is 11.3 Å². The molecular formula is C16H23N3S. The Kier molecular flexibility index (Phi) is 5.29. The molecule has 0 fully saturated rings. The SMILES string of the molecule is Cc1csc(C(C)NCC(C)C(N)c2ccccc2)n1.